The van der Waals surface area contributed by atoms with Gasteiger partial charge in [0.2, 0.25) is 0 Å². The first kappa shape index (κ1) is 25.7. The third kappa shape index (κ3) is 6.15. The lowest BCUT2D eigenvalue weighted by atomic mass is 10.0. The number of anilines is 1. The summed E-state index contributed by atoms with van der Waals surface area (Å²) in [4.78, 5) is 24.0. The van der Waals surface area contributed by atoms with Gasteiger partial charge in [0.1, 0.15) is 6.04 Å². The Kier molecular flexibility index (Phi) is 7.98. The fourth-order valence-electron chi connectivity index (χ4n) is 3.39. The van der Waals surface area contributed by atoms with Gasteiger partial charge in [0.15, 0.2) is 0 Å². The second-order valence-corrected chi connectivity index (χ2v) is 11.1. The minimum atomic E-state index is -3.76. The van der Waals surface area contributed by atoms with Crippen LogP contribution in [0.4, 0.5) is 5.69 Å². The summed E-state index contributed by atoms with van der Waals surface area (Å²) in [6, 6.07) is 17.9. The van der Waals surface area contributed by atoms with Gasteiger partial charge in [-0.3, -0.25) is 9.52 Å². The average Bonchev–Trinajstić information content (AvgIpc) is 2.78. The number of hydrogen-bond donors (Lipinski definition) is 3. The Labute approximate surface area is 212 Å². The van der Waals surface area contributed by atoms with E-state index in [1.54, 1.807) is 75.4 Å². The van der Waals surface area contributed by atoms with Crippen LogP contribution in [-0.2, 0) is 14.8 Å². The van der Waals surface area contributed by atoms with E-state index in [4.69, 9.17) is 0 Å². The highest BCUT2D eigenvalue weighted by Gasteiger charge is 2.24. The number of amides is 1. The number of aryl methyl sites for hydroxylation is 1. The average molecular weight is 592 g/mol. The molecule has 0 aliphatic rings. The fraction of sp³-hybridized carbons (Fsp3) is 0.200. The fourth-order valence-corrected chi connectivity index (χ4v) is 5.41. The van der Waals surface area contributed by atoms with Gasteiger partial charge in [-0.25, -0.2) is 13.2 Å². The summed E-state index contributed by atoms with van der Waals surface area (Å²) >= 11 is 2.08. The predicted octanol–water partition coefficient (Wildman–Crippen LogP) is 4.91. The number of rotatable bonds is 8. The first-order chi connectivity index (χ1) is 16.0. The van der Waals surface area contributed by atoms with Crippen molar-refractivity contribution >= 4 is 50.2 Å². The highest BCUT2D eigenvalue weighted by atomic mass is 127. The summed E-state index contributed by atoms with van der Waals surface area (Å²) < 4.78 is 29.3. The molecule has 3 aromatic rings. The van der Waals surface area contributed by atoms with Gasteiger partial charge in [-0.1, -0.05) is 44.2 Å². The lowest BCUT2D eigenvalue weighted by Gasteiger charge is -2.18. The van der Waals surface area contributed by atoms with E-state index in [-0.39, 0.29) is 10.8 Å². The van der Waals surface area contributed by atoms with Crippen molar-refractivity contribution in [2.24, 2.45) is 5.92 Å². The van der Waals surface area contributed by atoms with Gasteiger partial charge in [-0.2, -0.15) is 0 Å². The summed E-state index contributed by atoms with van der Waals surface area (Å²) in [6.07, 6.45) is 0. The molecule has 9 heteroatoms. The molecule has 0 saturated heterocycles. The van der Waals surface area contributed by atoms with Crippen LogP contribution in [0, 0.1) is 16.4 Å². The third-order valence-electron chi connectivity index (χ3n) is 5.25. The largest absolute Gasteiger partial charge is 0.480 e. The Bertz CT molecular complexity index is 1320. The lowest BCUT2D eigenvalue weighted by molar-refractivity contribution is -0.140. The normalized spacial score (nSPS) is 12.3. The van der Waals surface area contributed by atoms with Gasteiger partial charge < -0.3 is 10.4 Å². The molecule has 0 unspecified atom stereocenters. The number of halogens is 1. The molecule has 3 rings (SSSR count). The molecule has 7 nitrogen and oxygen atoms in total. The third-order valence-corrected chi connectivity index (χ3v) is 7.45. The predicted molar refractivity (Wildman–Crippen MR) is 140 cm³/mol. The molecule has 0 aliphatic carbocycles. The van der Waals surface area contributed by atoms with Crippen molar-refractivity contribution in [3.63, 3.8) is 0 Å². The minimum absolute atomic E-state index is 0.223. The number of benzene rings is 3. The van der Waals surface area contributed by atoms with Crippen molar-refractivity contribution in [2.75, 3.05) is 4.72 Å². The molecule has 0 saturated carbocycles. The van der Waals surface area contributed by atoms with E-state index in [1.165, 1.54) is 0 Å². The lowest BCUT2D eigenvalue weighted by Crippen LogP contribution is -2.44. The van der Waals surface area contributed by atoms with Crippen LogP contribution in [0.2, 0.25) is 0 Å². The molecule has 0 spiro atoms. The Morgan fingerprint density at radius 1 is 0.941 bits per heavy atom. The second-order valence-electron chi connectivity index (χ2n) is 8.21. The maximum absolute atomic E-state index is 12.9. The highest BCUT2D eigenvalue weighted by Crippen LogP contribution is 2.26. The number of carboxylic acids is 1. The smallest absolute Gasteiger partial charge is 0.326 e. The van der Waals surface area contributed by atoms with E-state index >= 15 is 0 Å². The van der Waals surface area contributed by atoms with E-state index in [0.717, 1.165) is 14.7 Å². The van der Waals surface area contributed by atoms with Gasteiger partial charge in [0.25, 0.3) is 15.9 Å². The Morgan fingerprint density at radius 3 is 2.24 bits per heavy atom. The molecule has 1 atom stereocenters. The molecule has 178 valence electrons. The van der Waals surface area contributed by atoms with Crippen molar-refractivity contribution in [1.29, 1.82) is 0 Å². The van der Waals surface area contributed by atoms with Gasteiger partial charge in [-0.05, 0) is 88.5 Å². The van der Waals surface area contributed by atoms with Crippen LogP contribution in [0.15, 0.2) is 71.6 Å². The number of aliphatic carboxylic acids is 1. The summed E-state index contributed by atoms with van der Waals surface area (Å²) in [6.45, 7) is 5.20. The van der Waals surface area contributed by atoms with Crippen LogP contribution < -0.4 is 10.0 Å². The number of carbonyl (C=O) groups is 2. The number of carbonyl (C=O) groups excluding carboxylic acids is 1. The Morgan fingerprint density at radius 2 is 1.62 bits per heavy atom. The number of carboxylic acid groups (broad SMARTS) is 1. The van der Waals surface area contributed by atoms with Gasteiger partial charge in [-0.15, -0.1) is 0 Å². The molecule has 1 amide bonds. The molecular formula is C25H25IN2O5S. The molecule has 34 heavy (non-hydrogen) atoms. The molecular weight excluding hydrogens is 567 g/mol. The van der Waals surface area contributed by atoms with Crippen LogP contribution in [0.1, 0.15) is 29.8 Å². The van der Waals surface area contributed by atoms with E-state index in [2.05, 4.69) is 32.6 Å². The summed E-state index contributed by atoms with van der Waals surface area (Å²) in [5, 5.41) is 11.8. The van der Waals surface area contributed by atoms with Crippen LogP contribution in [0.5, 0.6) is 0 Å². The SMILES string of the molecule is Cc1ccc(I)cc1S(=O)(=O)Nc1cccc(-c2ccc(C(=O)N[C@H](C(=O)O)C(C)C)cc2)c1. The Hall–Kier alpha value is -2.92. The molecule has 3 aromatic carbocycles. The van der Waals surface area contributed by atoms with Gasteiger partial charge in [0, 0.05) is 14.8 Å². The zero-order valence-corrected chi connectivity index (χ0v) is 21.8. The van der Waals surface area contributed by atoms with Gasteiger partial charge in [0.05, 0.1) is 4.90 Å². The maximum Gasteiger partial charge on any atom is 0.326 e. The quantitative estimate of drug-likeness (QED) is 0.322. The topological polar surface area (TPSA) is 113 Å². The van der Waals surface area contributed by atoms with Crippen molar-refractivity contribution in [2.45, 2.75) is 31.7 Å². The maximum atomic E-state index is 12.9. The van der Waals surface area contributed by atoms with Crippen molar-refractivity contribution in [1.82, 2.24) is 5.32 Å². The van der Waals surface area contributed by atoms with Crippen LogP contribution >= 0.6 is 22.6 Å². The molecule has 0 heterocycles. The van der Waals surface area contributed by atoms with Crippen molar-refractivity contribution in [3.8, 4) is 11.1 Å². The van der Waals surface area contributed by atoms with E-state index in [0.29, 0.717) is 16.8 Å². The molecule has 3 N–H and O–H groups in total. The first-order valence-electron chi connectivity index (χ1n) is 10.5. The molecule has 0 bridgehead atoms. The van der Waals surface area contributed by atoms with Gasteiger partial charge >= 0.3 is 5.97 Å². The van der Waals surface area contributed by atoms with E-state index in [1.807, 2.05) is 12.1 Å². The number of nitrogens with one attached hydrogen (secondary N) is 2. The molecule has 0 fully saturated rings. The second kappa shape index (κ2) is 10.6. The molecule has 0 aliphatic heterocycles. The summed E-state index contributed by atoms with van der Waals surface area (Å²) in [5.41, 5.74) is 2.94. The summed E-state index contributed by atoms with van der Waals surface area (Å²) in [5.74, 6) is -1.81. The zero-order valence-electron chi connectivity index (χ0n) is 18.9. The van der Waals surface area contributed by atoms with Crippen LogP contribution in [0.25, 0.3) is 11.1 Å². The highest BCUT2D eigenvalue weighted by molar-refractivity contribution is 14.1. The molecule has 0 radical (unpaired) electrons. The number of hydrogen-bond acceptors (Lipinski definition) is 4. The van der Waals surface area contributed by atoms with E-state index < -0.39 is 27.9 Å². The van der Waals surface area contributed by atoms with Crippen LogP contribution in [0.3, 0.4) is 0 Å². The number of sulfonamides is 1. The van der Waals surface area contributed by atoms with E-state index in [9.17, 15) is 23.1 Å². The minimum Gasteiger partial charge on any atom is -0.480 e. The standard InChI is InChI=1S/C25H25IN2O5S/c1-15(2)23(25(30)31)27-24(29)18-10-8-17(9-11-18)19-5-4-6-21(13-19)28-34(32,33)22-14-20(26)12-7-16(22)3/h4-15,23,28H,1-3H3,(H,27,29)(H,30,31)/t23-/m0/s1. The Balaban J connectivity index is 1.80. The van der Waals surface area contributed by atoms with Crippen molar-refractivity contribution < 1.29 is 23.1 Å². The van der Waals surface area contributed by atoms with Crippen molar-refractivity contribution in [3.05, 3.63) is 81.4 Å². The first-order valence-corrected chi connectivity index (χ1v) is 13.1. The van der Waals surface area contributed by atoms with Crippen LogP contribution in [-0.4, -0.2) is 31.4 Å². The zero-order chi connectivity index (χ0) is 25.0. The molecule has 0 aromatic heterocycles. The monoisotopic (exact) mass is 592 g/mol. The summed E-state index contributed by atoms with van der Waals surface area (Å²) in [7, 11) is -3.76.